The van der Waals surface area contributed by atoms with E-state index in [4.69, 9.17) is 11.6 Å². The lowest BCUT2D eigenvalue weighted by molar-refractivity contribution is -0.115. The van der Waals surface area contributed by atoms with Crippen LogP contribution in [-0.4, -0.2) is 16.9 Å². The maximum Gasteiger partial charge on any atom is 0.323 e. The Morgan fingerprint density at radius 1 is 1.12 bits per heavy atom. The van der Waals surface area contributed by atoms with Crippen LogP contribution in [0.2, 0.25) is 5.02 Å². The average Bonchev–Trinajstić information content (AvgIpc) is 2.98. The fourth-order valence-electron chi connectivity index (χ4n) is 2.11. The van der Waals surface area contributed by atoms with Crippen molar-refractivity contribution in [3.63, 3.8) is 0 Å². The van der Waals surface area contributed by atoms with Crippen LogP contribution in [0.5, 0.6) is 0 Å². The van der Waals surface area contributed by atoms with Crippen LogP contribution in [0.1, 0.15) is 13.3 Å². The van der Waals surface area contributed by atoms with E-state index in [9.17, 15) is 9.59 Å². The smallest absolute Gasteiger partial charge is 0.308 e. The number of fused-ring (bicyclic) bond motifs is 1. The van der Waals surface area contributed by atoms with Crippen LogP contribution >= 0.6 is 22.9 Å². The zero-order valence-electron chi connectivity index (χ0n) is 13.3. The van der Waals surface area contributed by atoms with Gasteiger partial charge in [-0.05, 0) is 30.3 Å². The minimum absolute atomic E-state index is 0.0866. The molecule has 0 aliphatic carbocycles. The molecule has 6 nitrogen and oxygen atoms in total. The monoisotopic (exact) mass is 374 g/mol. The number of anilines is 3. The SMILES string of the molecule is CCC(=O)Nc1nc2ccc(NC(=O)Nc3ccccc3Cl)cc2s1. The highest BCUT2D eigenvalue weighted by Gasteiger charge is 2.09. The molecule has 0 unspecified atom stereocenters. The first-order chi connectivity index (χ1) is 12.0. The second-order valence-corrected chi connectivity index (χ2v) is 6.60. The Balaban J connectivity index is 1.72. The van der Waals surface area contributed by atoms with Crippen LogP contribution < -0.4 is 16.0 Å². The Bertz CT molecular complexity index is 941. The molecule has 8 heteroatoms. The lowest BCUT2D eigenvalue weighted by Gasteiger charge is -2.08. The third kappa shape index (κ3) is 4.26. The third-order valence-electron chi connectivity index (χ3n) is 3.34. The Morgan fingerprint density at radius 2 is 1.92 bits per heavy atom. The number of halogens is 1. The number of para-hydroxylation sites is 1. The largest absolute Gasteiger partial charge is 0.323 e. The van der Waals surface area contributed by atoms with Gasteiger partial charge in [0.25, 0.3) is 0 Å². The molecule has 3 N–H and O–H groups in total. The summed E-state index contributed by atoms with van der Waals surface area (Å²) < 4.78 is 0.863. The molecular weight excluding hydrogens is 360 g/mol. The van der Waals surface area contributed by atoms with E-state index < -0.39 is 6.03 Å². The molecule has 0 radical (unpaired) electrons. The molecule has 0 saturated heterocycles. The predicted molar refractivity (Wildman–Crippen MR) is 103 cm³/mol. The average molecular weight is 375 g/mol. The number of hydrogen-bond donors (Lipinski definition) is 3. The van der Waals surface area contributed by atoms with E-state index in [1.165, 1.54) is 11.3 Å². The van der Waals surface area contributed by atoms with E-state index >= 15 is 0 Å². The van der Waals surface area contributed by atoms with E-state index in [0.717, 1.165) is 10.2 Å². The van der Waals surface area contributed by atoms with Gasteiger partial charge in [-0.2, -0.15) is 0 Å². The summed E-state index contributed by atoms with van der Waals surface area (Å²) >= 11 is 7.37. The van der Waals surface area contributed by atoms with Gasteiger partial charge >= 0.3 is 6.03 Å². The minimum Gasteiger partial charge on any atom is -0.308 e. The molecular formula is C17H15ClN4O2S. The molecule has 0 fully saturated rings. The lowest BCUT2D eigenvalue weighted by Crippen LogP contribution is -2.19. The van der Waals surface area contributed by atoms with Crippen molar-refractivity contribution in [2.45, 2.75) is 13.3 Å². The van der Waals surface area contributed by atoms with Crippen molar-refractivity contribution in [2.75, 3.05) is 16.0 Å². The van der Waals surface area contributed by atoms with Crippen molar-refractivity contribution in [3.05, 3.63) is 47.5 Å². The van der Waals surface area contributed by atoms with Gasteiger partial charge in [-0.25, -0.2) is 9.78 Å². The number of carbonyl (C=O) groups excluding carboxylic acids is 2. The van der Waals surface area contributed by atoms with Gasteiger partial charge < -0.3 is 16.0 Å². The number of carbonyl (C=O) groups is 2. The van der Waals surface area contributed by atoms with Crippen molar-refractivity contribution in [2.24, 2.45) is 0 Å². The summed E-state index contributed by atoms with van der Waals surface area (Å²) in [6.45, 7) is 1.78. The molecule has 3 amide bonds. The summed E-state index contributed by atoms with van der Waals surface area (Å²) in [5.41, 5.74) is 1.91. The molecule has 0 aliphatic rings. The molecule has 25 heavy (non-hydrogen) atoms. The van der Waals surface area contributed by atoms with Crippen LogP contribution in [-0.2, 0) is 4.79 Å². The van der Waals surface area contributed by atoms with Crippen LogP contribution in [0.4, 0.5) is 21.3 Å². The zero-order valence-corrected chi connectivity index (χ0v) is 14.9. The number of benzene rings is 2. The minimum atomic E-state index is -0.392. The van der Waals surface area contributed by atoms with Crippen LogP contribution in [0.15, 0.2) is 42.5 Å². The van der Waals surface area contributed by atoms with Crippen LogP contribution in [0.25, 0.3) is 10.2 Å². The highest BCUT2D eigenvalue weighted by Crippen LogP contribution is 2.28. The Hall–Kier alpha value is -2.64. The number of rotatable bonds is 4. The normalized spacial score (nSPS) is 10.5. The Labute approximate surface area is 153 Å². The Kier molecular flexibility index (Phi) is 5.16. The standard InChI is InChI=1S/C17H15ClN4O2S/c1-2-15(23)22-17-21-13-8-7-10(9-14(13)25-17)19-16(24)20-12-6-4-3-5-11(12)18/h3-9H,2H2,1H3,(H2,19,20,24)(H,21,22,23). The highest BCUT2D eigenvalue weighted by atomic mass is 35.5. The van der Waals surface area contributed by atoms with Gasteiger partial charge in [-0.1, -0.05) is 42.0 Å². The maximum atomic E-state index is 12.1. The number of urea groups is 1. The Morgan fingerprint density at radius 3 is 2.68 bits per heavy atom. The number of hydrogen-bond acceptors (Lipinski definition) is 4. The van der Waals surface area contributed by atoms with Crippen molar-refractivity contribution >= 4 is 61.6 Å². The van der Waals surface area contributed by atoms with Gasteiger partial charge in [-0.3, -0.25) is 4.79 Å². The zero-order chi connectivity index (χ0) is 17.8. The lowest BCUT2D eigenvalue weighted by atomic mass is 10.3. The highest BCUT2D eigenvalue weighted by molar-refractivity contribution is 7.22. The molecule has 0 spiro atoms. The number of nitrogens with one attached hydrogen (secondary N) is 3. The van der Waals surface area contributed by atoms with E-state index in [2.05, 4.69) is 20.9 Å². The van der Waals surface area contributed by atoms with E-state index in [0.29, 0.717) is 27.9 Å². The summed E-state index contributed by atoms with van der Waals surface area (Å²) in [4.78, 5) is 27.9. The topological polar surface area (TPSA) is 83.1 Å². The second kappa shape index (κ2) is 7.50. The first-order valence-corrected chi connectivity index (χ1v) is 8.77. The van der Waals surface area contributed by atoms with E-state index in [-0.39, 0.29) is 5.91 Å². The number of thiazole rings is 1. The van der Waals surface area contributed by atoms with Crippen molar-refractivity contribution < 1.29 is 9.59 Å². The summed E-state index contributed by atoms with van der Waals surface area (Å²) in [6.07, 6.45) is 0.394. The predicted octanol–water partition coefficient (Wildman–Crippen LogP) is 4.94. The van der Waals surface area contributed by atoms with Crippen molar-refractivity contribution in [1.82, 2.24) is 4.98 Å². The van der Waals surface area contributed by atoms with Gasteiger partial charge in [0, 0.05) is 12.1 Å². The summed E-state index contributed by atoms with van der Waals surface area (Å²) in [5, 5.41) is 9.19. The van der Waals surface area contributed by atoms with Crippen LogP contribution in [0, 0.1) is 0 Å². The molecule has 3 aromatic rings. The molecule has 0 aliphatic heterocycles. The van der Waals surface area contributed by atoms with E-state index in [1.807, 2.05) is 0 Å². The summed E-state index contributed by atoms with van der Waals surface area (Å²) in [7, 11) is 0. The first-order valence-electron chi connectivity index (χ1n) is 7.58. The van der Waals surface area contributed by atoms with Crippen molar-refractivity contribution in [3.8, 4) is 0 Å². The van der Waals surface area contributed by atoms with Crippen molar-refractivity contribution in [1.29, 1.82) is 0 Å². The fourth-order valence-corrected chi connectivity index (χ4v) is 3.22. The van der Waals surface area contributed by atoms with Crippen LogP contribution in [0.3, 0.4) is 0 Å². The van der Waals surface area contributed by atoms with Gasteiger partial charge in [0.05, 0.1) is 20.9 Å². The summed E-state index contributed by atoms with van der Waals surface area (Å²) in [5.74, 6) is -0.0866. The van der Waals surface area contributed by atoms with E-state index in [1.54, 1.807) is 49.4 Å². The number of amides is 3. The van der Waals surface area contributed by atoms with Gasteiger partial charge in [-0.15, -0.1) is 0 Å². The molecule has 3 rings (SSSR count). The second-order valence-electron chi connectivity index (χ2n) is 5.16. The maximum absolute atomic E-state index is 12.1. The third-order valence-corrected chi connectivity index (χ3v) is 4.60. The first kappa shape index (κ1) is 17.2. The quantitative estimate of drug-likeness (QED) is 0.604. The fraction of sp³-hybridized carbons (Fsp3) is 0.118. The van der Waals surface area contributed by atoms with Gasteiger partial charge in [0.1, 0.15) is 0 Å². The molecule has 1 aromatic heterocycles. The summed E-state index contributed by atoms with van der Waals surface area (Å²) in [6, 6.07) is 12.0. The number of nitrogens with zero attached hydrogens (tertiary/aromatic N) is 1. The number of aromatic nitrogens is 1. The molecule has 0 atom stereocenters. The molecule has 128 valence electrons. The van der Waals surface area contributed by atoms with Gasteiger partial charge in [0.15, 0.2) is 5.13 Å². The van der Waals surface area contributed by atoms with Gasteiger partial charge in [0.2, 0.25) is 5.91 Å². The molecule has 2 aromatic carbocycles. The molecule has 1 heterocycles. The molecule has 0 bridgehead atoms. The molecule has 0 saturated carbocycles.